The van der Waals surface area contributed by atoms with E-state index in [0.29, 0.717) is 15.6 Å². The van der Waals surface area contributed by atoms with Gasteiger partial charge in [-0.1, -0.05) is 29.3 Å². The summed E-state index contributed by atoms with van der Waals surface area (Å²) in [5, 5.41) is 15.0. The van der Waals surface area contributed by atoms with E-state index >= 15 is 0 Å². The maximum absolute atomic E-state index is 11.5. The highest BCUT2D eigenvalue weighted by Crippen LogP contribution is 2.29. The fraction of sp³-hybridized carbons (Fsp3) is 0.143. The van der Waals surface area contributed by atoms with Gasteiger partial charge < -0.3 is 5.32 Å². The summed E-state index contributed by atoms with van der Waals surface area (Å²) in [5.74, 6) is 0. The van der Waals surface area contributed by atoms with Gasteiger partial charge in [-0.25, -0.2) is 8.42 Å². The third-order valence-corrected chi connectivity index (χ3v) is 4.78. The summed E-state index contributed by atoms with van der Waals surface area (Å²) in [5.41, 5.74) is 0.587. The molecule has 0 heterocycles. The van der Waals surface area contributed by atoms with E-state index in [1.807, 2.05) is 0 Å². The Morgan fingerprint density at radius 2 is 1.87 bits per heavy atom. The molecule has 0 bridgehead atoms. The number of halogens is 2. The molecule has 2 aromatic carbocycles. The van der Waals surface area contributed by atoms with E-state index in [1.54, 1.807) is 18.2 Å². The van der Waals surface area contributed by atoms with Crippen LogP contribution in [-0.2, 0) is 16.4 Å². The normalized spacial score (nSPS) is 11.3. The summed E-state index contributed by atoms with van der Waals surface area (Å²) < 4.78 is 23.0. The van der Waals surface area contributed by atoms with E-state index in [-0.39, 0.29) is 22.8 Å². The number of nitro benzene ring substituents is 1. The van der Waals surface area contributed by atoms with Crippen molar-refractivity contribution >= 4 is 44.4 Å². The Bertz CT molecular complexity index is 869. The van der Waals surface area contributed by atoms with E-state index < -0.39 is 14.8 Å². The summed E-state index contributed by atoms with van der Waals surface area (Å²) in [6, 6.07) is 8.63. The maximum atomic E-state index is 11.5. The molecule has 23 heavy (non-hydrogen) atoms. The van der Waals surface area contributed by atoms with E-state index in [4.69, 9.17) is 23.2 Å². The lowest BCUT2D eigenvalue weighted by molar-refractivity contribution is -0.384. The van der Waals surface area contributed by atoms with Gasteiger partial charge in [0.25, 0.3) is 5.69 Å². The molecule has 9 heteroatoms. The lowest BCUT2D eigenvalue weighted by Crippen LogP contribution is -2.05. The summed E-state index contributed by atoms with van der Waals surface area (Å²) >= 11 is 11.9. The quantitative estimate of drug-likeness (QED) is 0.632. The summed E-state index contributed by atoms with van der Waals surface area (Å²) in [7, 11) is -3.52. The first-order valence-corrected chi connectivity index (χ1v) is 8.99. The molecule has 0 aliphatic carbocycles. The molecule has 2 aromatic rings. The van der Waals surface area contributed by atoms with Crippen molar-refractivity contribution in [3.63, 3.8) is 0 Å². The lowest BCUT2D eigenvalue weighted by Gasteiger charge is -2.10. The molecule has 0 saturated heterocycles. The monoisotopic (exact) mass is 374 g/mol. The number of nitrogens with one attached hydrogen (secondary N) is 1. The highest BCUT2D eigenvalue weighted by atomic mass is 35.5. The molecule has 1 N–H and O–H groups in total. The number of nitrogens with zero attached hydrogens (tertiary/aromatic N) is 1. The van der Waals surface area contributed by atoms with Crippen molar-refractivity contribution in [2.75, 3.05) is 11.6 Å². The van der Waals surface area contributed by atoms with E-state index in [9.17, 15) is 18.5 Å². The maximum Gasteiger partial charge on any atom is 0.293 e. The highest BCUT2D eigenvalue weighted by molar-refractivity contribution is 7.90. The summed E-state index contributed by atoms with van der Waals surface area (Å²) in [6.07, 6.45) is 0.993. The van der Waals surface area contributed by atoms with Crippen LogP contribution in [0.25, 0.3) is 0 Å². The van der Waals surface area contributed by atoms with Crippen molar-refractivity contribution in [1.82, 2.24) is 0 Å². The van der Waals surface area contributed by atoms with Crippen molar-refractivity contribution in [3.05, 3.63) is 62.1 Å². The van der Waals surface area contributed by atoms with Gasteiger partial charge in [0.2, 0.25) is 0 Å². The number of rotatable bonds is 5. The third-order valence-electron chi connectivity index (χ3n) is 3.08. The molecule has 0 aromatic heterocycles. The molecule has 0 aliphatic heterocycles. The van der Waals surface area contributed by atoms with Crippen LogP contribution < -0.4 is 5.32 Å². The zero-order valence-corrected chi connectivity index (χ0v) is 14.2. The third kappa shape index (κ3) is 4.34. The molecule has 0 unspecified atom stereocenters. The average Bonchev–Trinajstić information content (AvgIpc) is 2.45. The molecule has 0 fully saturated rings. The van der Waals surface area contributed by atoms with Crippen LogP contribution in [0.15, 0.2) is 41.3 Å². The van der Waals surface area contributed by atoms with E-state index in [0.717, 1.165) is 12.3 Å². The van der Waals surface area contributed by atoms with Crippen molar-refractivity contribution in [1.29, 1.82) is 0 Å². The minimum atomic E-state index is -3.52. The van der Waals surface area contributed by atoms with Gasteiger partial charge in [0.15, 0.2) is 9.84 Å². The molecule has 122 valence electrons. The van der Waals surface area contributed by atoms with Crippen molar-refractivity contribution in [2.24, 2.45) is 0 Å². The van der Waals surface area contributed by atoms with Crippen molar-refractivity contribution in [2.45, 2.75) is 11.4 Å². The molecule has 0 radical (unpaired) electrons. The van der Waals surface area contributed by atoms with Crippen LogP contribution in [0.2, 0.25) is 10.0 Å². The minimum Gasteiger partial charge on any atom is -0.375 e. The molecule has 0 spiro atoms. The van der Waals surface area contributed by atoms with E-state index in [2.05, 4.69) is 5.32 Å². The Morgan fingerprint density at radius 3 is 2.43 bits per heavy atom. The van der Waals surface area contributed by atoms with Gasteiger partial charge in [-0.15, -0.1) is 0 Å². The Hall–Kier alpha value is -1.83. The fourth-order valence-corrected chi connectivity index (χ4v) is 3.01. The standard InChI is InChI=1S/C14H12Cl2N2O4S/c1-23(21,22)11-4-5-13(14(7-11)18(19)20)17-8-9-2-3-10(15)6-12(9)16/h2-7,17H,8H2,1H3. The second-order valence-electron chi connectivity index (χ2n) is 4.80. The predicted molar refractivity (Wildman–Crippen MR) is 90.0 cm³/mol. The topological polar surface area (TPSA) is 89.3 Å². The molecule has 0 aliphatic rings. The van der Waals surface area contributed by atoms with Gasteiger partial charge >= 0.3 is 0 Å². The summed E-state index contributed by atoms with van der Waals surface area (Å²) in [6.45, 7) is 0.231. The van der Waals surface area contributed by atoms with Gasteiger partial charge in [0.05, 0.1) is 9.82 Å². The van der Waals surface area contributed by atoms with Gasteiger partial charge in [0, 0.05) is 28.9 Å². The van der Waals surface area contributed by atoms with Gasteiger partial charge in [-0.05, 0) is 29.8 Å². The van der Waals surface area contributed by atoms with Crippen molar-refractivity contribution in [3.8, 4) is 0 Å². The predicted octanol–water partition coefficient (Wildman–Crippen LogP) is 3.92. The first-order chi connectivity index (χ1) is 10.7. The van der Waals surface area contributed by atoms with Gasteiger partial charge in [0.1, 0.15) is 5.69 Å². The fourth-order valence-electron chi connectivity index (χ4n) is 1.90. The van der Waals surface area contributed by atoms with Crippen LogP contribution >= 0.6 is 23.2 Å². The van der Waals surface area contributed by atoms with Crippen LogP contribution in [0.1, 0.15) is 5.56 Å². The van der Waals surface area contributed by atoms with Gasteiger partial charge in [-0.3, -0.25) is 10.1 Å². The van der Waals surface area contributed by atoms with Crippen LogP contribution in [0.4, 0.5) is 11.4 Å². The zero-order valence-electron chi connectivity index (χ0n) is 11.9. The average molecular weight is 375 g/mol. The smallest absolute Gasteiger partial charge is 0.293 e. The first kappa shape index (κ1) is 17.5. The van der Waals surface area contributed by atoms with Crippen LogP contribution in [0.5, 0.6) is 0 Å². The second-order valence-corrected chi connectivity index (χ2v) is 7.66. The number of sulfone groups is 1. The van der Waals surface area contributed by atoms with Crippen molar-refractivity contribution < 1.29 is 13.3 Å². The van der Waals surface area contributed by atoms with Crippen LogP contribution in [0.3, 0.4) is 0 Å². The molecule has 0 amide bonds. The minimum absolute atomic E-state index is 0.112. The van der Waals surface area contributed by atoms with Crippen LogP contribution in [-0.4, -0.2) is 19.6 Å². The summed E-state index contributed by atoms with van der Waals surface area (Å²) in [4.78, 5) is 10.4. The number of anilines is 1. The van der Waals surface area contributed by atoms with Gasteiger partial charge in [-0.2, -0.15) is 0 Å². The first-order valence-electron chi connectivity index (χ1n) is 6.35. The molecular formula is C14H12Cl2N2O4S. The number of benzene rings is 2. The second kappa shape index (κ2) is 6.74. The Labute approximate surface area is 143 Å². The number of hydrogen-bond acceptors (Lipinski definition) is 5. The zero-order chi connectivity index (χ0) is 17.2. The SMILES string of the molecule is CS(=O)(=O)c1ccc(NCc2ccc(Cl)cc2Cl)c([N+](=O)[O-])c1. The molecule has 0 atom stereocenters. The van der Waals surface area contributed by atoms with Crippen LogP contribution in [0, 0.1) is 10.1 Å². The largest absolute Gasteiger partial charge is 0.375 e. The molecule has 0 saturated carbocycles. The highest BCUT2D eigenvalue weighted by Gasteiger charge is 2.18. The molecule has 2 rings (SSSR count). The molecule has 6 nitrogen and oxygen atoms in total. The number of hydrogen-bond donors (Lipinski definition) is 1. The Balaban J connectivity index is 2.31. The molecular weight excluding hydrogens is 363 g/mol. The number of nitro groups is 1. The van der Waals surface area contributed by atoms with E-state index in [1.165, 1.54) is 12.1 Å². The Morgan fingerprint density at radius 1 is 1.17 bits per heavy atom. The lowest BCUT2D eigenvalue weighted by atomic mass is 10.2. The Kier molecular flexibility index (Phi) is 5.13.